The average molecular weight is 453 g/mol. The average Bonchev–Trinajstić information content (AvgIpc) is 3.11. The van der Waals surface area contributed by atoms with Crippen molar-refractivity contribution in [2.75, 3.05) is 19.7 Å². The Labute approximate surface area is 194 Å². The lowest BCUT2D eigenvalue weighted by Crippen LogP contribution is -2.54. The minimum Gasteiger partial charge on any atom is -0.480 e. The highest BCUT2D eigenvalue weighted by Gasteiger charge is 2.38. The Hall–Kier alpha value is -3.35. The van der Waals surface area contributed by atoms with Crippen molar-refractivity contribution >= 4 is 18.0 Å². The van der Waals surface area contributed by atoms with Crippen LogP contribution in [0.1, 0.15) is 51.2 Å². The van der Waals surface area contributed by atoms with E-state index in [0.29, 0.717) is 13.0 Å². The third-order valence-electron chi connectivity index (χ3n) is 6.39. The summed E-state index contributed by atoms with van der Waals surface area (Å²) in [6.07, 6.45) is -0.149. The van der Waals surface area contributed by atoms with E-state index in [-0.39, 0.29) is 25.0 Å². The normalized spacial score (nSPS) is 13.6. The SMILES string of the molecule is CCN(C(=O)C(C)CCNC(=O)OCC1c2ccccc2-c2ccccc21)C(C)(C)C(=O)O. The first-order valence-electron chi connectivity index (χ1n) is 11.3. The number of hydrogen-bond donors (Lipinski definition) is 2. The highest BCUT2D eigenvalue weighted by molar-refractivity contribution is 5.87. The number of rotatable bonds is 9. The molecule has 2 aromatic rings. The van der Waals surface area contributed by atoms with Crippen LogP contribution in [0.15, 0.2) is 48.5 Å². The lowest BCUT2D eigenvalue weighted by Gasteiger charge is -2.36. The van der Waals surface area contributed by atoms with Gasteiger partial charge in [0.1, 0.15) is 12.1 Å². The molecule has 1 atom stereocenters. The van der Waals surface area contributed by atoms with E-state index >= 15 is 0 Å². The summed E-state index contributed by atoms with van der Waals surface area (Å²) < 4.78 is 5.51. The number of amides is 2. The number of carboxylic acids is 1. The Balaban J connectivity index is 1.51. The van der Waals surface area contributed by atoms with Crippen LogP contribution in [0, 0.1) is 5.92 Å². The summed E-state index contributed by atoms with van der Waals surface area (Å²) in [7, 11) is 0. The fraction of sp³-hybridized carbons (Fsp3) is 0.423. The molecule has 0 aromatic heterocycles. The van der Waals surface area contributed by atoms with Crippen LogP contribution in [-0.4, -0.2) is 53.2 Å². The molecular formula is C26H32N2O5. The standard InChI is InChI=1S/C26H32N2O5/c1-5-28(26(3,4)24(30)31)23(29)17(2)14-15-27-25(32)33-16-22-20-12-8-6-10-18(20)19-11-7-9-13-21(19)22/h6-13,17,22H,5,14-16H2,1-4H3,(H,27,32)(H,30,31). The van der Waals surface area contributed by atoms with E-state index in [1.807, 2.05) is 24.3 Å². The van der Waals surface area contributed by atoms with E-state index in [9.17, 15) is 19.5 Å². The van der Waals surface area contributed by atoms with Gasteiger partial charge in [-0.15, -0.1) is 0 Å². The number of alkyl carbamates (subject to hydrolysis) is 1. The molecule has 176 valence electrons. The molecule has 3 rings (SSSR count). The van der Waals surface area contributed by atoms with Crippen LogP contribution >= 0.6 is 0 Å². The first-order valence-corrected chi connectivity index (χ1v) is 11.3. The van der Waals surface area contributed by atoms with Gasteiger partial charge in [0, 0.05) is 24.9 Å². The van der Waals surface area contributed by atoms with Gasteiger partial charge in [-0.3, -0.25) is 4.79 Å². The Morgan fingerprint density at radius 2 is 1.61 bits per heavy atom. The third kappa shape index (κ3) is 5.02. The second-order valence-electron chi connectivity index (χ2n) is 8.89. The number of hydrogen-bond acceptors (Lipinski definition) is 4. The molecule has 2 aromatic carbocycles. The minimum atomic E-state index is -1.29. The number of carboxylic acid groups (broad SMARTS) is 1. The smallest absolute Gasteiger partial charge is 0.407 e. The van der Waals surface area contributed by atoms with Gasteiger partial charge in [-0.1, -0.05) is 55.5 Å². The van der Waals surface area contributed by atoms with Crippen molar-refractivity contribution in [3.8, 4) is 11.1 Å². The molecule has 0 bridgehead atoms. The van der Waals surface area contributed by atoms with Crippen LogP contribution in [0.2, 0.25) is 0 Å². The van der Waals surface area contributed by atoms with Gasteiger partial charge < -0.3 is 20.1 Å². The third-order valence-corrected chi connectivity index (χ3v) is 6.39. The zero-order chi connectivity index (χ0) is 24.2. The van der Waals surface area contributed by atoms with Gasteiger partial charge in [0.25, 0.3) is 0 Å². The maximum Gasteiger partial charge on any atom is 0.407 e. The molecule has 0 saturated heterocycles. The maximum atomic E-state index is 12.8. The molecule has 0 saturated carbocycles. The van der Waals surface area contributed by atoms with Crippen LogP contribution in [0.4, 0.5) is 4.79 Å². The Morgan fingerprint density at radius 3 is 2.12 bits per heavy atom. The summed E-state index contributed by atoms with van der Waals surface area (Å²) >= 11 is 0. The Bertz CT molecular complexity index is 987. The molecule has 1 aliphatic carbocycles. The van der Waals surface area contributed by atoms with Crippen molar-refractivity contribution in [3.05, 3.63) is 59.7 Å². The fourth-order valence-electron chi connectivity index (χ4n) is 4.37. The van der Waals surface area contributed by atoms with Crippen LogP contribution in [0.5, 0.6) is 0 Å². The summed E-state index contributed by atoms with van der Waals surface area (Å²) in [6.45, 7) is 7.30. The largest absolute Gasteiger partial charge is 0.480 e. The van der Waals surface area contributed by atoms with E-state index in [1.54, 1.807) is 13.8 Å². The van der Waals surface area contributed by atoms with Crippen LogP contribution in [-0.2, 0) is 14.3 Å². The maximum absolute atomic E-state index is 12.8. The van der Waals surface area contributed by atoms with Gasteiger partial charge in [-0.2, -0.15) is 0 Å². The van der Waals surface area contributed by atoms with Crippen molar-refractivity contribution in [3.63, 3.8) is 0 Å². The topological polar surface area (TPSA) is 95.9 Å². The molecule has 0 spiro atoms. The number of fused-ring (bicyclic) bond motifs is 3. The van der Waals surface area contributed by atoms with E-state index in [1.165, 1.54) is 29.9 Å². The molecule has 0 aliphatic heterocycles. The Morgan fingerprint density at radius 1 is 1.06 bits per heavy atom. The van der Waals surface area contributed by atoms with Crippen LogP contribution in [0.3, 0.4) is 0 Å². The van der Waals surface area contributed by atoms with Gasteiger partial charge in [0.2, 0.25) is 5.91 Å². The lowest BCUT2D eigenvalue weighted by molar-refractivity contribution is -0.158. The number of ether oxygens (including phenoxy) is 1. The van der Waals surface area contributed by atoms with E-state index in [4.69, 9.17) is 4.74 Å². The number of benzene rings is 2. The molecule has 0 radical (unpaired) electrons. The molecule has 0 heterocycles. The summed E-state index contributed by atoms with van der Waals surface area (Å²) in [4.78, 5) is 37.9. The highest BCUT2D eigenvalue weighted by Crippen LogP contribution is 2.44. The monoisotopic (exact) mass is 452 g/mol. The van der Waals surface area contributed by atoms with Gasteiger partial charge in [-0.05, 0) is 49.4 Å². The minimum absolute atomic E-state index is 0.0139. The second kappa shape index (κ2) is 10.1. The number of likely N-dealkylation sites (N-methyl/N-ethyl adjacent to an activating group) is 1. The molecule has 0 fully saturated rings. The van der Waals surface area contributed by atoms with Gasteiger partial charge in [0.15, 0.2) is 0 Å². The molecule has 2 amide bonds. The summed E-state index contributed by atoms with van der Waals surface area (Å²) in [6, 6.07) is 16.3. The van der Waals surface area contributed by atoms with E-state index in [0.717, 1.165) is 11.1 Å². The van der Waals surface area contributed by atoms with E-state index in [2.05, 4.69) is 29.6 Å². The predicted octanol–water partition coefficient (Wildman–Crippen LogP) is 4.26. The van der Waals surface area contributed by atoms with Gasteiger partial charge >= 0.3 is 12.1 Å². The number of carbonyl (C=O) groups excluding carboxylic acids is 2. The molecule has 33 heavy (non-hydrogen) atoms. The van der Waals surface area contributed by atoms with Crippen molar-refractivity contribution in [1.82, 2.24) is 10.2 Å². The number of nitrogens with zero attached hydrogens (tertiary/aromatic N) is 1. The first-order chi connectivity index (χ1) is 15.7. The quantitative estimate of drug-likeness (QED) is 0.593. The summed E-state index contributed by atoms with van der Waals surface area (Å²) in [5.41, 5.74) is 3.33. The van der Waals surface area contributed by atoms with Gasteiger partial charge in [-0.25, -0.2) is 9.59 Å². The Kier molecular flexibility index (Phi) is 7.41. The number of aliphatic carboxylic acids is 1. The van der Waals surface area contributed by atoms with Crippen molar-refractivity contribution in [2.24, 2.45) is 5.92 Å². The summed E-state index contributed by atoms with van der Waals surface area (Å²) in [5.74, 6) is -1.75. The van der Waals surface area contributed by atoms with Crippen LogP contribution < -0.4 is 5.32 Å². The number of nitrogens with one attached hydrogen (secondary N) is 1. The van der Waals surface area contributed by atoms with Gasteiger partial charge in [0.05, 0.1) is 0 Å². The second-order valence-corrected chi connectivity index (χ2v) is 8.89. The zero-order valence-corrected chi connectivity index (χ0v) is 19.6. The lowest BCUT2D eigenvalue weighted by atomic mass is 9.98. The van der Waals surface area contributed by atoms with Crippen molar-refractivity contribution in [2.45, 2.75) is 45.6 Å². The predicted molar refractivity (Wildman–Crippen MR) is 126 cm³/mol. The molecule has 7 heteroatoms. The molecule has 2 N–H and O–H groups in total. The molecule has 1 unspecified atom stereocenters. The van der Waals surface area contributed by atoms with Crippen molar-refractivity contribution < 1.29 is 24.2 Å². The fourth-order valence-corrected chi connectivity index (χ4v) is 4.37. The molecule has 7 nitrogen and oxygen atoms in total. The molecule has 1 aliphatic rings. The molecular weight excluding hydrogens is 420 g/mol. The zero-order valence-electron chi connectivity index (χ0n) is 19.6. The van der Waals surface area contributed by atoms with Crippen molar-refractivity contribution in [1.29, 1.82) is 0 Å². The summed E-state index contributed by atoms with van der Waals surface area (Å²) in [5, 5.41) is 12.1. The first kappa shape index (κ1) is 24.3. The van der Waals surface area contributed by atoms with Crippen LogP contribution in [0.25, 0.3) is 11.1 Å². The van der Waals surface area contributed by atoms with E-state index < -0.39 is 23.5 Å². The number of carbonyl (C=O) groups is 3. The highest BCUT2D eigenvalue weighted by atomic mass is 16.5.